The van der Waals surface area contributed by atoms with Gasteiger partial charge in [-0.1, -0.05) is 13.0 Å². The Kier molecular flexibility index (Phi) is 5.05. The van der Waals surface area contributed by atoms with Gasteiger partial charge < -0.3 is 10.2 Å². The molecule has 150 valence electrons. The Morgan fingerprint density at radius 3 is 2.41 bits per heavy atom. The van der Waals surface area contributed by atoms with Crippen molar-refractivity contribution in [3.05, 3.63) is 59.4 Å². The average Bonchev–Trinajstić information content (AvgIpc) is 2.95. The van der Waals surface area contributed by atoms with Crippen LogP contribution in [0.5, 0.6) is 0 Å². The van der Waals surface area contributed by atoms with Crippen LogP contribution < -0.4 is 10.2 Å². The molecule has 2 aliphatic heterocycles. The van der Waals surface area contributed by atoms with E-state index in [1.807, 2.05) is 12.1 Å². The van der Waals surface area contributed by atoms with Gasteiger partial charge in [0.25, 0.3) is 11.8 Å². The molecule has 0 spiro atoms. The van der Waals surface area contributed by atoms with Crippen molar-refractivity contribution in [2.45, 2.75) is 19.8 Å². The number of nitrogens with zero attached hydrogens (tertiary/aromatic N) is 2. The number of hydrogen-bond acceptors (Lipinski definition) is 4. The van der Waals surface area contributed by atoms with Crippen molar-refractivity contribution in [1.82, 2.24) is 4.90 Å². The molecule has 4 rings (SSSR count). The van der Waals surface area contributed by atoms with Gasteiger partial charge in [0.15, 0.2) is 0 Å². The lowest BCUT2D eigenvalue weighted by molar-refractivity contribution is -0.116. The molecule has 0 radical (unpaired) electrons. The van der Waals surface area contributed by atoms with Crippen LogP contribution in [0.4, 0.5) is 15.8 Å². The number of halogens is 1. The lowest BCUT2D eigenvalue weighted by Gasteiger charge is -2.32. The highest BCUT2D eigenvalue weighted by atomic mass is 19.1. The summed E-state index contributed by atoms with van der Waals surface area (Å²) < 4.78 is 13.9. The minimum Gasteiger partial charge on any atom is -0.372 e. The van der Waals surface area contributed by atoms with E-state index in [0.29, 0.717) is 5.69 Å². The van der Waals surface area contributed by atoms with Gasteiger partial charge in [-0.2, -0.15) is 0 Å². The van der Waals surface area contributed by atoms with E-state index >= 15 is 0 Å². The molecule has 7 heteroatoms. The van der Waals surface area contributed by atoms with Crippen molar-refractivity contribution in [1.29, 1.82) is 0 Å². The fourth-order valence-corrected chi connectivity index (χ4v) is 3.80. The minimum atomic E-state index is -0.784. The smallest absolute Gasteiger partial charge is 0.265 e. The maximum absolute atomic E-state index is 13.9. The molecule has 0 saturated carbocycles. The van der Waals surface area contributed by atoms with E-state index in [4.69, 9.17) is 0 Å². The van der Waals surface area contributed by atoms with Crippen LogP contribution in [-0.4, -0.2) is 42.3 Å². The van der Waals surface area contributed by atoms with Gasteiger partial charge in [-0.25, -0.2) is 4.39 Å². The molecule has 2 aliphatic rings. The number of carbonyl (C=O) groups is 3. The van der Waals surface area contributed by atoms with Crippen LogP contribution in [0.2, 0.25) is 0 Å². The van der Waals surface area contributed by atoms with Crippen LogP contribution >= 0.6 is 0 Å². The van der Waals surface area contributed by atoms with E-state index in [9.17, 15) is 18.8 Å². The number of rotatable bonds is 4. The predicted molar refractivity (Wildman–Crippen MR) is 107 cm³/mol. The van der Waals surface area contributed by atoms with Crippen molar-refractivity contribution >= 4 is 29.1 Å². The molecular formula is C22H22FN3O3. The standard InChI is InChI=1S/C22H22FN3O3/c1-14-9-11-25(12-10-14)16-7-5-15(6-8-16)24-19(27)13-26-21(28)17-3-2-4-18(23)20(17)22(26)29/h2-8,14H,9-13H2,1H3,(H,24,27). The molecule has 0 aromatic heterocycles. The number of piperidine rings is 1. The van der Waals surface area contributed by atoms with E-state index in [1.165, 1.54) is 25.0 Å². The first kappa shape index (κ1) is 19.1. The topological polar surface area (TPSA) is 69.7 Å². The Bertz CT molecular complexity index is 966. The zero-order valence-electron chi connectivity index (χ0n) is 16.2. The van der Waals surface area contributed by atoms with Gasteiger partial charge in [-0.15, -0.1) is 0 Å². The van der Waals surface area contributed by atoms with Gasteiger partial charge in [0.1, 0.15) is 12.4 Å². The minimum absolute atomic E-state index is 0.0111. The molecule has 1 fully saturated rings. The van der Waals surface area contributed by atoms with Gasteiger partial charge in [0.05, 0.1) is 11.1 Å². The summed E-state index contributed by atoms with van der Waals surface area (Å²) in [5.74, 6) is -1.96. The third-order valence-electron chi connectivity index (χ3n) is 5.55. The maximum Gasteiger partial charge on any atom is 0.265 e. The average molecular weight is 395 g/mol. The van der Waals surface area contributed by atoms with Crippen LogP contribution in [0.1, 0.15) is 40.5 Å². The first-order valence-corrected chi connectivity index (χ1v) is 9.73. The number of amides is 3. The van der Waals surface area contributed by atoms with Crippen molar-refractivity contribution in [2.75, 3.05) is 29.9 Å². The molecule has 6 nitrogen and oxygen atoms in total. The predicted octanol–water partition coefficient (Wildman–Crippen LogP) is 3.30. The van der Waals surface area contributed by atoms with E-state index in [1.54, 1.807) is 12.1 Å². The summed E-state index contributed by atoms with van der Waals surface area (Å²) in [6, 6.07) is 11.4. The van der Waals surface area contributed by atoms with Gasteiger partial charge in [-0.05, 0) is 55.2 Å². The number of imide groups is 1. The fourth-order valence-electron chi connectivity index (χ4n) is 3.80. The summed E-state index contributed by atoms with van der Waals surface area (Å²) in [6.07, 6.45) is 2.33. The van der Waals surface area contributed by atoms with Crippen molar-refractivity contribution in [3.63, 3.8) is 0 Å². The highest BCUT2D eigenvalue weighted by Crippen LogP contribution is 2.26. The van der Waals surface area contributed by atoms with Crippen LogP contribution in [0.25, 0.3) is 0 Å². The second-order valence-electron chi connectivity index (χ2n) is 7.62. The van der Waals surface area contributed by atoms with Gasteiger partial charge in [-0.3, -0.25) is 19.3 Å². The molecule has 2 aromatic rings. The first-order valence-electron chi connectivity index (χ1n) is 9.73. The number of nitrogens with one attached hydrogen (secondary N) is 1. The Labute approximate surface area is 168 Å². The van der Waals surface area contributed by atoms with Crippen LogP contribution in [0, 0.1) is 11.7 Å². The second-order valence-corrected chi connectivity index (χ2v) is 7.62. The van der Waals surface area contributed by atoms with Crippen LogP contribution in [0.3, 0.4) is 0 Å². The highest BCUT2D eigenvalue weighted by Gasteiger charge is 2.38. The fraction of sp³-hybridized carbons (Fsp3) is 0.318. The van der Waals surface area contributed by atoms with Crippen LogP contribution in [0.15, 0.2) is 42.5 Å². The molecule has 1 saturated heterocycles. The normalized spacial score (nSPS) is 16.9. The molecule has 0 bridgehead atoms. The molecular weight excluding hydrogens is 373 g/mol. The number of benzene rings is 2. The van der Waals surface area contributed by atoms with Gasteiger partial charge in [0.2, 0.25) is 5.91 Å². The second kappa shape index (κ2) is 7.66. The van der Waals surface area contributed by atoms with E-state index in [0.717, 1.165) is 35.7 Å². The number of hydrogen-bond donors (Lipinski definition) is 1. The number of fused-ring (bicyclic) bond motifs is 1. The molecule has 2 heterocycles. The number of carbonyl (C=O) groups excluding carboxylic acids is 3. The van der Waals surface area contributed by atoms with Crippen molar-refractivity contribution < 1.29 is 18.8 Å². The van der Waals surface area contributed by atoms with E-state index in [2.05, 4.69) is 17.1 Å². The third kappa shape index (κ3) is 3.72. The molecule has 0 aliphatic carbocycles. The van der Waals surface area contributed by atoms with Crippen molar-refractivity contribution in [2.24, 2.45) is 5.92 Å². The summed E-state index contributed by atoms with van der Waals surface area (Å²) in [6.45, 7) is 3.84. The third-order valence-corrected chi connectivity index (χ3v) is 5.55. The molecule has 29 heavy (non-hydrogen) atoms. The molecule has 3 amide bonds. The van der Waals surface area contributed by atoms with Crippen LogP contribution in [-0.2, 0) is 4.79 Å². The summed E-state index contributed by atoms with van der Waals surface area (Å²) in [5, 5.41) is 2.69. The van der Waals surface area contributed by atoms with E-state index in [-0.39, 0.29) is 11.1 Å². The summed E-state index contributed by atoms with van der Waals surface area (Å²) in [7, 11) is 0. The zero-order chi connectivity index (χ0) is 20.5. The summed E-state index contributed by atoms with van der Waals surface area (Å²) in [4.78, 5) is 40.1. The van der Waals surface area contributed by atoms with E-state index < -0.39 is 30.1 Å². The largest absolute Gasteiger partial charge is 0.372 e. The summed E-state index contributed by atoms with van der Waals surface area (Å²) >= 11 is 0. The maximum atomic E-state index is 13.9. The SMILES string of the molecule is CC1CCN(c2ccc(NC(=O)CN3C(=O)c4cccc(F)c4C3=O)cc2)CC1. The molecule has 0 atom stereocenters. The monoisotopic (exact) mass is 395 g/mol. The Morgan fingerprint density at radius 2 is 1.76 bits per heavy atom. The summed E-state index contributed by atoms with van der Waals surface area (Å²) in [5.41, 5.74) is 1.39. The van der Waals surface area contributed by atoms with Crippen molar-refractivity contribution in [3.8, 4) is 0 Å². The number of anilines is 2. The quantitative estimate of drug-likeness (QED) is 0.807. The van der Waals surface area contributed by atoms with Gasteiger partial charge in [0, 0.05) is 24.5 Å². The lowest BCUT2D eigenvalue weighted by atomic mass is 9.99. The first-order chi connectivity index (χ1) is 13.9. The Hall–Kier alpha value is -3.22. The molecule has 0 unspecified atom stereocenters. The molecule has 2 aromatic carbocycles. The zero-order valence-corrected chi connectivity index (χ0v) is 16.2. The Balaban J connectivity index is 1.38. The highest BCUT2D eigenvalue weighted by molar-refractivity contribution is 6.22. The molecule has 1 N–H and O–H groups in total. The Morgan fingerprint density at radius 1 is 1.07 bits per heavy atom. The lowest BCUT2D eigenvalue weighted by Crippen LogP contribution is -2.37. The van der Waals surface area contributed by atoms with Gasteiger partial charge >= 0.3 is 0 Å².